The minimum absolute atomic E-state index is 0.0294. The van der Waals surface area contributed by atoms with Gasteiger partial charge in [0.2, 0.25) is 5.90 Å². The van der Waals surface area contributed by atoms with Crippen molar-refractivity contribution in [3.05, 3.63) is 44.0 Å². The number of non-ortho nitro benzene ring substituents is 2. The lowest BCUT2D eigenvalue weighted by Crippen LogP contribution is -2.07. The smallest absolute Gasteiger partial charge is 0.334 e. The lowest BCUT2D eigenvalue weighted by molar-refractivity contribution is -0.394. The quantitative estimate of drug-likeness (QED) is 0.444. The Morgan fingerprint density at radius 2 is 1.67 bits per heavy atom. The molecule has 0 N–H and O–H groups in total. The first-order chi connectivity index (χ1) is 8.47. The van der Waals surface area contributed by atoms with Gasteiger partial charge in [0.25, 0.3) is 11.4 Å². The maximum Gasteiger partial charge on any atom is 0.334 e. The molecule has 18 heavy (non-hydrogen) atoms. The SMILES string of the molecule is O=C1CN=C(c2cc([N+](=O)[O-])cc([N+](=O)[O-])c2)O1. The van der Waals surface area contributed by atoms with E-state index in [0.717, 1.165) is 18.2 Å². The molecule has 0 amide bonds. The summed E-state index contributed by atoms with van der Waals surface area (Å²) in [5.74, 6) is -0.758. The van der Waals surface area contributed by atoms with Crippen molar-refractivity contribution in [2.45, 2.75) is 0 Å². The largest absolute Gasteiger partial charge is 0.406 e. The summed E-state index contributed by atoms with van der Waals surface area (Å²) in [4.78, 5) is 34.3. The van der Waals surface area contributed by atoms with Crippen molar-refractivity contribution in [3.63, 3.8) is 0 Å². The van der Waals surface area contributed by atoms with E-state index in [1.54, 1.807) is 0 Å². The Morgan fingerprint density at radius 1 is 1.11 bits per heavy atom. The van der Waals surface area contributed by atoms with Gasteiger partial charge in [-0.3, -0.25) is 20.2 Å². The lowest BCUT2D eigenvalue weighted by atomic mass is 10.1. The molecule has 1 heterocycles. The third-order valence-corrected chi connectivity index (χ3v) is 2.13. The summed E-state index contributed by atoms with van der Waals surface area (Å²) >= 11 is 0. The number of carbonyl (C=O) groups is 1. The summed E-state index contributed by atoms with van der Waals surface area (Å²) in [6.07, 6.45) is 0. The van der Waals surface area contributed by atoms with Gasteiger partial charge in [0.1, 0.15) is 6.54 Å². The number of hydrogen-bond acceptors (Lipinski definition) is 7. The molecule has 1 aliphatic heterocycles. The molecule has 9 heteroatoms. The van der Waals surface area contributed by atoms with Crippen molar-refractivity contribution in [3.8, 4) is 0 Å². The van der Waals surface area contributed by atoms with Gasteiger partial charge in [-0.1, -0.05) is 0 Å². The highest BCUT2D eigenvalue weighted by Crippen LogP contribution is 2.24. The van der Waals surface area contributed by atoms with Crippen LogP contribution < -0.4 is 0 Å². The predicted octanol–water partition coefficient (Wildman–Crippen LogP) is 0.806. The Labute approximate surface area is 99.0 Å². The molecule has 0 saturated heterocycles. The second-order valence-corrected chi connectivity index (χ2v) is 3.35. The topological polar surface area (TPSA) is 125 Å². The Kier molecular flexibility index (Phi) is 2.72. The molecule has 0 fully saturated rings. The minimum Gasteiger partial charge on any atom is -0.406 e. The van der Waals surface area contributed by atoms with Crippen LogP contribution >= 0.6 is 0 Å². The van der Waals surface area contributed by atoms with Crippen molar-refractivity contribution >= 4 is 23.2 Å². The number of carbonyl (C=O) groups excluding carboxylic acids is 1. The van der Waals surface area contributed by atoms with Crippen molar-refractivity contribution < 1.29 is 19.4 Å². The van der Waals surface area contributed by atoms with E-state index in [4.69, 9.17) is 0 Å². The van der Waals surface area contributed by atoms with E-state index in [1.165, 1.54) is 0 Å². The van der Waals surface area contributed by atoms with Crippen LogP contribution in [0.3, 0.4) is 0 Å². The van der Waals surface area contributed by atoms with E-state index in [1.807, 2.05) is 0 Å². The van der Waals surface area contributed by atoms with Crippen LogP contribution in [0.4, 0.5) is 11.4 Å². The van der Waals surface area contributed by atoms with E-state index in [2.05, 4.69) is 9.73 Å². The number of esters is 1. The van der Waals surface area contributed by atoms with Crippen LogP contribution in [0.5, 0.6) is 0 Å². The maximum atomic E-state index is 10.9. The first-order valence-corrected chi connectivity index (χ1v) is 4.67. The van der Waals surface area contributed by atoms with Crippen molar-refractivity contribution in [1.82, 2.24) is 0 Å². The zero-order chi connectivity index (χ0) is 13.3. The zero-order valence-corrected chi connectivity index (χ0v) is 8.73. The van der Waals surface area contributed by atoms with E-state index in [0.29, 0.717) is 0 Å². The summed E-state index contributed by atoms with van der Waals surface area (Å²) in [5.41, 5.74) is -0.906. The molecule has 0 saturated carbocycles. The molecule has 0 unspecified atom stereocenters. The molecule has 0 atom stereocenters. The first-order valence-electron chi connectivity index (χ1n) is 4.67. The van der Waals surface area contributed by atoms with Gasteiger partial charge in [-0.25, -0.2) is 9.79 Å². The molecule has 0 spiro atoms. The van der Waals surface area contributed by atoms with Gasteiger partial charge in [-0.2, -0.15) is 0 Å². The number of aliphatic imine (C=N–C) groups is 1. The van der Waals surface area contributed by atoms with Crippen LogP contribution in [0.1, 0.15) is 5.56 Å². The van der Waals surface area contributed by atoms with Crippen LogP contribution in [0.25, 0.3) is 0 Å². The van der Waals surface area contributed by atoms with Crippen molar-refractivity contribution in [2.24, 2.45) is 4.99 Å². The molecule has 1 aromatic carbocycles. The molecule has 9 nitrogen and oxygen atoms in total. The van der Waals surface area contributed by atoms with Gasteiger partial charge in [0, 0.05) is 12.1 Å². The number of ether oxygens (including phenoxy) is 1. The Bertz CT molecular complexity index is 562. The Morgan fingerprint density at radius 3 is 2.06 bits per heavy atom. The summed E-state index contributed by atoms with van der Waals surface area (Å²) in [6.45, 7) is -0.203. The van der Waals surface area contributed by atoms with Crippen LogP contribution in [-0.2, 0) is 9.53 Å². The van der Waals surface area contributed by atoms with Crippen LogP contribution in [0.15, 0.2) is 23.2 Å². The van der Waals surface area contributed by atoms with Gasteiger partial charge in [-0.15, -0.1) is 0 Å². The fraction of sp³-hybridized carbons (Fsp3) is 0.111. The van der Waals surface area contributed by atoms with Gasteiger partial charge in [0.15, 0.2) is 0 Å². The number of nitro groups is 2. The average molecular weight is 251 g/mol. The molecule has 1 aliphatic rings. The fourth-order valence-electron chi connectivity index (χ4n) is 1.39. The molecule has 1 aromatic rings. The van der Waals surface area contributed by atoms with E-state index < -0.39 is 27.2 Å². The summed E-state index contributed by atoms with van der Waals surface area (Å²) < 4.78 is 4.68. The highest BCUT2D eigenvalue weighted by atomic mass is 16.6. The van der Waals surface area contributed by atoms with Gasteiger partial charge < -0.3 is 4.74 Å². The third-order valence-electron chi connectivity index (χ3n) is 2.13. The Balaban J connectivity index is 2.50. The molecule has 2 rings (SSSR count). The molecule has 0 radical (unpaired) electrons. The summed E-state index contributed by atoms with van der Waals surface area (Å²) in [7, 11) is 0. The average Bonchev–Trinajstić information content (AvgIpc) is 2.75. The molecule has 0 bridgehead atoms. The number of nitrogens with zero attached hydrogens (tertiary/aromatic N) is 3. The molecule has 0 aromatic heterocycles. The number of hydrogen-bond donors (Lipinski definition) is 0. The lowest BCUT2D eigenvalue weighted by Gasteiger charge is -2.00. The zero-order valence-electron chi connectivity index (χ0n) is 8.73. The highest BCUT2D eigenvalue weighted by Gasteiger charge is 2.23. The van der Waals surface area contributed by atoms with Crippen LogP contribution in [-0.4, -0.2) is 28.3 Å². The fourth-order valence-corrected chi connectivity index (χ4v) is 1.39. The van der Waals surface area contributed by atoms with E-state index >= 15 is 0 Å². The number of cyclic esters (lactones) is 1. The van der Waals surface area contributed by atoms with Crippen molar-refractivity contribution in [2.75, 3.05) is 6.54 Å². The predicted molar refractivity (Wildman–Crippen MR) is 57.2 cm³/mol. The van der Waals surface area contributed by atoms with Crippen LogP contribution in [0, 0.1) is 20.2 Å². The normalized spacial score (nSPS) is 14.0. The molecule has 92 valence electrons. The number of benzene rings is 1. The molecule has 0 aliphatic carbocycles. The summed E-state index contributed by atoms with van der Waals surface area (Å²) in [6, 6.07) is 2.94. The van der Waals surface area contributed by atoms with E-state index in [-0.39, 0.29) is 18.0 Å². The first kappa shape index (κ1) is 11.6. The van der Waals surface area contributed by atoms with Crippen molar-refractivity contribution in [1.29, 1.82) is 0 Å². The van der Waals surface area contributed by atoms with Gasteiger partial charge >= 0.3 is 5.97 Å². The van der Waals surface area contributed by atoms with E-state index in [9.17, 15) is 25.0 Å². The van der Waals surface area contributed by atoms with Gasteiger partial charge in [-0.05, 0) is 0 Å². The third kappa shape index (κ3) is 2.14. The second-order valence-electron chi connectivity index (χ2n) is 3.35. The minimum atomic E-state index is -0.770. The number of rotatable bonds is 3. The monoisotopic (exact) mass is 251 g/mol. The standard InChI is InChI=1S/C9H5N3O6/c13-8-4-10-9(18-8)5-1-6(11(14)15)3-7(2-5)12(16)17/h1-3H,4H2. The molecular weight excluding hydrogens is 246 g/mol. The van der Waals surface area contributed by atoms with Gasteiger partial charge in [0.05, 0.1) is 21.5 Å². The maximum absolute atomic E-state index is 10.9. The van der Waals surface area contributed by atoms with Crippen LogP contribution in [0.2, 0.25) is 0 Å². The summed E-state index contributed by atoms with van der Waals surface area (Å²) in [5, 5.41) is 21.3. The number of nitro benzene ring substituents is 2. The molecular formula is C9H5N3O6. The highest BCUT2D eigenvalue weighted by molar-refractivity contribution is 6.05. The second kappa shape index (κ2) is 4.20. The Hall–Kier alpha value is -2.84.